The molecule has 114 valence electrons. The number of aromatic nitrogens is 1. The predicted molar refractivity (Wildman–Crippen MR) is 68.9 cm³/mol. The molecule has 20 heavy (non-hydrogen) atoms. The number of thiazole rings is 1. The maximum Gasteiger partial charge on any atom is 0.434 e. The summed E-state index contributed by atoms with van der Waals surface area (Å²) in [4.78, 5) is 3.19. The molecule has 0 spiro atoms. The van der Waals surface area contributed by atoms with Gasteiger partial charge in [0.1, 0.15) is 0 Å². The zero-order valence-electron chi connectivity index (χ0n) is 10.8. The third-order valence-corrected chi connectivity index (χ3v) is 6.21. The Hall–Kier alpha value is -0.670. The number of alkyl halides is 3. The summed E-state index contributed by atoms with van der Waals surface area (Å²) in [6, 6.07) is -0.230. The number of nitrogens with one attached hydrogen (secondary N) is 1. The van der Waals surface area contributed by atoms with Crippen molar-refractivity contribution in [3.8, 4) is 0 Å². The number of halogens is 3. The number of rotatable bonds is 5. The van der Waals surface area contributed by atoms with Crippen LogP contribution in [0, 0.1) is 5.92 Å². The van der Waals surface area contributed by atoms with Gasteiger partial charge >= 0.3 is 6.18 Å². The summed E-state index contributed by atoms with van der Waals surface area (Å²) < 4.78 is 63.4. The lowest BCUT2D eigenvalue weighted by Gasteiger charge is -2.33. The van der Waals surface area contributed by atoms with Crippen molar-refractivity contribution in [1.29, 1.82) is 0 Å². The minimum Gasteiger partial charge on any atom is -0.219 e. The molecular weight excluding hydrogens is 313 g/mol. The van der Waals surface area contributed by atoms with Crippen LogP contribution in [-0.4, -0.2) is 19.4 Å². The Balaban J connectivity index is 2.15. The summed E-state index contributed by atoms with van der Waals surface area (Å²) in [5.41, 5.74) is -1.17. The smallest absolute Gasteiger partial charge is 0.219 e. The highest BCUT2D eigenvalue weighted by molar-refractivity contribution is 7.91. The van der Waals surface area contributed by atoms with Crippen LogP contribution in [0.25, 0.3) is 0 Å². The van der Waals surface area contributed by atoms with E-state index in [4.69, 9.17) is 0 Å². The Bertz CT molecular complexity index is 564. The van der Waals surface area contributed by atoms with E-state index in [0.717, 1.165) is 24.6 Å². The van der Waals surface area contributed by atoms with Gasteiger partial charge in [-0.05, 0) is 25.2 Å². The first-order valence-corrected chi connectivity index (χ1v) is 8.65. The van der Waals surface area contributed by atoms with Crippen molar-refractivity contribution in [2.24, 2.45) is 5.92 Å². The van der Waals surface area contributed by atoms with Crippen LogP contribution in [0.3, 0.4) is 0 Å². The molecule has 1 saturated carbocycles. The monoisotopic (exact) mass is 328 g/mol. The molecule has 1 fully saturated rings. The molecule has 0 radical (unpaired) electrons. The van der Waals surface area contributed by atoms with Crippen molar-refractivity contribution in [1.82, 2.24) is 9.71 Å². The minimum atomic E-state index is -4.62. The lowest BCUT2D eigenvalue weighted by Crippen LogP contribution is -2.42. The molecule has 1 unspecified atom stereocenters. The average Bonchev–Trinajstić information content (AvgIpc) is 2.74. The summed E-state index contributed by atoms with van der Waals surface area (Å²) in [5, 5.41) is 0.721. The van der Waals surface area contributed by atoms with Crippen LogP contribution < -0.4 is 4.72 Å². The molecule has 1 aliphatic carbocycles. The SMILES string of the molecule is CCC(NS(=O)(=O)c1nc(C(F)(F)F)cs1)C1CCC1. The molecule has 1 aromatic heterocycles. The fraction of sp³-hybridized carbons (Fsp3) is 0.727. The van der Waals surface area contributed by atoms with Gasteiger partial charge in [-0.2, -0.15) is 13.2 Å². The van der Waals surface area contributed by atoms with Gasteiger partial charge in [0.05, 0.1) is 0 Å². The average molecular weight is 328 g/mol. The van der Waals surface area contributed by atoms with Gasteiger partial charge in [0.2, 0.25) is 4.34 Å². The summed E-state index contributed by atoms with van der Waals surface area (Å²) in [7, 11) is -3.97. The maximum absolute atomic E-state index is 12.4. The van der Waals surface area contributed by atoms with Crippen molar-refractivity contribution in [2.45, 2.75) is 49.2 Å². The van der Waals surface area contributed by atoms with Crippen LogP contribution in [0.2, 0.25) is 0 Å². The van der Waals surface area contributed by atoms with E-state index in [-0.39, 0.29) is 12.0 Å². The zero-order chi connectivity index (χ0) is 15.0. The quantitative estimate of drug-likeness (QED) is 0.904. The first-order valence-electron chi connectivity index (χ1n) is 6.29. The minimum absolute atomic E-state index is 0.230. The molecule has 0 aromatic carbocycles. The van der Waals surface area contributed by atoms with E-state index < -0.39 is 26.2 Å². The lowest BCUT2D eigenvalue weighted by atomic mass is 9.79. The zero-order valence-corrected chi connectivity index (χ0v) is 12.4. The standard InChI is InChI=1S/C11H15F3N2O2S2/c1-2-8(7-4-3-5-7)16-20(17,18)10-15-9(6-19-10)11(12,13)14/h6-8,16H,2-5H2,1H3. The maximum atomic E-state index is 12.4. The van der Waals surface area contributed by atoms with Gasteiger partial charge in [-0.15, -0.1) is 11.3 Å². The van der Waals surface area contributed by atoms with E-state index in [1.807, 2.05) is 6.92 Å². The Kier molecular flexibility index (Phi) is 4.41. The normalized spacial score (nSPS) is 18.8. The molecule has 1 heterocycles. The van der Waals surface area contributed by atoms with E-state index in [0.29, 0.717) is 17.8 Å². The first kappa shape index (κ1) is 15.7. The summed E-state index contributed by atoms with van der Waals surface area (Å²) in [6.07, 6.45) is -1.04. The number of sulfonamides is 1. The Morgan fingerprint density at radius 2 is 2.15 bits per heavy atom. The Morgan fingerprint density at radius 1 is 1.50 bits per heavy atom. The van der Waals surface area contributed by atoms with E-state index in [1.54, 1.807) is 0 Å². The van der Waals surface area contributed by atoms with E-state index in [1.165, 1.54) is 0 Å². The van der Waals surface area contributed by atoms with Crippen molar-refractivity contribution < 1.29 is 21.6 Å². The molecular formula is C11H15F3N2O2S2. The molecule has 0 amide bonds. The van der Waals surface area contributed by atoms with Gasteiger partial charge in [0, 0.05) is 11.4 Å². The predicted octanol–water partition coefficient (Wildman–Crippen LogP) is 3.02. The van der Waals surface area contributed by atoms with Crippen LogP contribution in [0.4, 0.5) is 13.2 Å². The third-order valence-electron chi connectivity index (χ3n) is 3.47. The molecule has 1 aromatic rings. The largest absolute Gasteiger partial charge is 0.434 e. The van der Waals surface area contributed by atoms with Crippen LogP contribution in [0.15, 0.2) is 9.72 Å². The Morgan fingerprint density at radius 3 is 2.55 bits per heavy atom. The molecule has 4 nitrogen and oxygen atoms in total. The second-order valence-electron chi connectivity index (χ2n) is 4.82. The molecule has 2 rings (SSSR count). The molecule has 1 N–H and O–H groups in total. The van der Waals surface area contributed by atoms with E-state index >= 15 is 0 Å². The van der Waals surface area contributed by atoms with Crippen LogP contribution in [0.5, 0.6) is 0 Å². The van der Waals surface area contributed by atoms with Crippen molar-refractivity contribution >= 4 is 21.4 Å². The third kappa shape index (κ3) is 3.32. The van der Waals surface area contributed by atoms with Crippen LogP contribution in [0.1, 0.15) is 38.3 Å². The molecule has 0 saturated heterocycles. The van der Waals surface area contributed by atoms with Gasteiger partial charge in [-0.1, -0.05) is 13.3 Å². The van der Waals surface area contributed by atoms with E-state index in [9.17, 15) is 21.6 Å². The summed E-state index contributed by atoms with van der Waals surface area (Å²) >= 11 is 0.492. The molecule has 0 bridgehead atoms. The summed E-state index contributed by atoms with van der Waals surface area (Å²) in [6.45, 7) is 1.86. The number of nitrogens with zero attached hydrogens (tertiary/aromatic N) is 1. The highest BCUT2D eigenvalue weighted by atomic mass is 32.2. The lowest BCUT2D eigenvalue weighted by molar-refractivity contribution is -0.141. The topological polar surface area (TPSA) is 59.1 Å². The van der Waals surface area contributed by atoms with Crippen LogP contribution >= 0.6 is 11.3 Å². The fourth-order valence-corrected chi connectivity index (χ4v) is 4.54. The van der Waals surface area contributed by atoms with Gasteiger partial charge in [-0.3, -0.25) is 0 Å². The van der Waals surface area contributed by atoms with Gasteiger partial charge in [0.25, 0.3) is 10.0 Å². The highest BCUT2D eigenvalue weighted by Gasteiger charge is 2.36. The molecule has 9 heteroatoms. The van der Waals surface area contributed by atoms with Crippen molar-refractivity contribution in [3.05, 3.63) is 11.1 Å². The molecule has 0 aliphatic heterocycles. The second kappa shape index (κ2) is 5.61. The molecule has 1 atom stereocenters. The van der Waals surface area contributed by atoms with Gasteiger partial charge in [-0.25, -0.2) is 18.1 Å². The summed E-state index contributed by atoms with van der Waals surface area (Å²) in [5.74, 6) is 0.275. The van der Waals surface area contributed by atoms with Crippen LogP contribution in [-0.2, 0) is 16.2 Å². The second-order valence-corrected chi connectivity index (χ2v) is 7.57. The number of hydrogen-bond acceptors (Lipinski definition) is 4. The first-order chi connectivity index (χ1) is 9.24. The molecule has 1 aliphatic rings. The number of hydrogen-bond donors (Lipinski definition) is 1. The van der Waals surface area contributed by atoms with Crippen molar-refractivity contribution in [2.75, 3.05) is 0 Å². The fourth-order valence-electron chi connectivity index (χ4n) is 2.12. The van der Waals surface area contributed by atoms with Crippen molar-refractivity contribution in [3.63, 3.8) is 0 Å². The van der Waals surface area contributed by atoms with Gasteiger partial charge < -0.3 is 0 Å². The van der Waals surface area contributed by atoms with E-state index in [2.05, 4.69) is 9.71 Å². The highest BCUT2D eigenvalue weighted by Crippen LogP contribution is 2.33. The Labute approximate surface area is 119 Å². The van der Waals surface area contributed by atoms with Gasteiger partial charge in [0.15, 0.2) is 5.69 Å².